The van der Waals surface area contributed by atoms with Gasteiger partial charge in [0.15, 0.2) is 0 Å². The Morgan fingerprint density at radius 2 is 1.74 bits per heavy atom. The van der Waals surface area contributed by atoms with E-state index >= 15 is 0 Å². The number of rotatable bonds is 2. The summed E-state index contributed by atoms with van der Waals surface area (Å²) in [5.74, 6) is -0.120. The molecule has 1 aromatic rings. The van der Waals surface area contributed by atoms with E-state index in [0.717, 1.165) is 5.46 Å². The lowest BCUT2D eigenvalue weighted by Gasteiger charge is -2.32. The molecule has 1 amide bonds. The highest BCUT2D eigenvalue weighted by Crippen LogP contribution is 2.36. The summed E-state index contributed by atoms with van der Waals surface area (Å²) in [6.07, 6.45) is -0.472. The molecular weight excluding hydrogens is 296 g/mol. The molecule has 0 saturated carbocycles. The molecule has 0 aromatic heterocycles. The molecule has 124 valence electrons. The zero-order valence-electron chi connectivity index (χ0n) is 14.1. The summed E-state index contributed by atoms with van der Waals surface area (Å²) in [4.78, 5) is 13.9. The fourth-order valence-electron chi connectivity index (χ4n) is 2.85. The number of likely N-dealkylation sites (tertiary alicyclic amines) is 1. The lowest BCUT2D eigenvalue weighted by molar-refractivity contribution is 0.00578. The van der Waals surface area contributed by atoms with E-state index in [9.17, 15) is 9.18 Å². The van der Waals surface area contributed by atoms with Crippen LogP contribution in [0.3, 0.4) is 0 Å². The first-order valence-electron chi connectivity index (χ1n) is 8.08. The second-order valence-corrected chi connectivity index (χ2v) is 7.35. The van der Waals surface area contributed by atoms with Crippen molar-refractivity contribution in [3.05, 3.63) is 29.8 Å². The minimum atomic E-state index is -0.900. The number of hydrogen-bond acceptors (Lipinski definition) is 3. The monoisotopic (exact) mass is 319 g/mol. The zero-order valence-corrected chi connectivity index (χ0v) is 14.1. The van der Waals surface area contributed by atoms with Crippen molar-refractivity contribution in [1.29, 1.82) is 0 Å². The third-order valence-electron chi connectivity index (χ3n) is 5.10. The Bertz CT molecular complexity index is 586. The van der Waals surface area contributed by atoms with E-state index in [-0.39, 0.29) is 12.5 Å². The third kappa shape index (κ3) is 3.02. The van der Waals surface area contributed by atoms with Crippen LogP contribution in [0, 0.1) is 0 Å². The largest absolute Gasteiger partial charge is 0.494 e. The van der Waals surface area contributed by atoms with Gasteiger partial charge in [0.2, 0.25) is 0 Å². The second kappa shape index (κ2) is 5.60. The molecule has 2 heterocycles. The highest BCUT2D eigenvalue weighted by atomic mass is 19.1. The predicted octanol–water partition coefficient (Wildman–Crippen LogP) is 2.17. The lowest BCUT2D eigenvalue weighted by Crippen LogP contribution is -2.41. The maximum absolute atomic E-state index is 13.2. The first kappa shape index (κ1) is 16.5. The van der Waals surface area contributed by atoms with Gasteiger partial charge in [-0.15, -0.1) is 0 Å². The molecule has 1 atom stereocenters. The van der Waals surface area contributed by atoms with Gasteiger partial charge in [0.25, 0.3) is 5.91 Å². The second-order valence-electron chi connectivity index (χ2n) is 7.35. The van der Waals surface area contributed by atoms with Gasteiger partial charge in [0.05, 0.1) is 17.7 Å². The fourth-order valence-corrected chi connectivity index (χ4v) is 2.85. The fraction of sp³-hybridized carbons (Fsp3) is 0.588. The molecule has 4 nitrogen and oxygen atoms in total. The maximum atomic E-state index is 13.2. The van der Waals surface area contributed by atoms with Crippen LogP contribution in [0.1, 0.15) is 44.5 Å². The number of amides is 1. The van der Waals surface area contributed by atoms with Crippen LogP contribution in [-0.4, -0.2) is 48.4 Å². The summed E-state index contributed by atoms with van der Waals surface area (Å²) in [7, 11) is -0.439. The maximum Gasteiger partial charge on any atom is 0.494 e. The van der Waals surface area contributed by atoms with Crippen molar-refractivity contribution in [3.63, 3.8) is 0 Å². The van der Waals surface area contributed by atoms with Crippen LogP contribution in [0.25, 0.3) is 0 Å². The molecule has 0 bridgehead atoms. The minimum absolute atomic E-state index is 0.120. The van der Waals surface area contributed by atoms with Crippen LogP contribution in [0.5, 0.6) is 0 Å². The lowest BCUT2D eigenvalue weighted by atomic mass is 9.79. The van der Waals surface area contributed by atoms with Crippen molar-refractivity contribution in [1.82, 2.24) is 4.90 Å². The molecule has 0 aliphatic carbocycles. The number of alkyl halides is 1. The number of benzene rings is 1. The molecule has 2 fully saturated rings. The van der Waals surface area contributed by atoms with E-state index in [2.05, 4.69) is 0 Å². The van der Waals surface area contributed by atoms with Crippen LogP contribution in [0.2, 0.25) is 0 Å². The van der Waals surface area contributed by atoms with Gasteiger partial charge in [0.1, 0.15) is 6.17 Å². The average molecular weight is 319 g/mol. The number of nitrogens with zero attached hydrogens (tertiary/aromatic N) is 1. The van der Waals surface area contributed by atoms with E-state index in [4.69, 9.17) is 9.31 Å². The van der Waals surface area contributed by atoms with E-state index in [1.165, 1.54) is 0 Å². The molecule has 0 radical (unpaired) electrons. The SMILES string of the molecule is CC1(C)OB(c2ccc(C(=O)N3CC[C@H](F)C3)cc2)OC1(C)C. The van der Waals surface area contributed by atoms with Crippen molar-refractivity contribution in [2.45, 2.75) is 51.5 Å². The van der Waals surface area contributed by atoms with Crippen LogP contribution >= 0.6 is 0 Å². The molecule has 23 heavy (non-hydrogen) atoms. The Kier molecular flexibility index (Phi) is 4.01. The molecule has 2 aliphatic heterocycles. The van der Waals surface area contributed by atoms with E-state index < -0.39 is 24.5 Å². The summed E-state index contributed by atoms with van der Waals surface area (Å²) >= 11 is 0. The van der Waals surface area contributed by atoms with Crippen LogP contribution in [-0.2, 0) is 9.31 Å². The summed E-state index contributed by atoms with van der Waals surface area (Å²) in [6.45, 7) is 8.70. The van der Waals surface area contributed by atoms with Crippen molar-refractivity contribution >= 4 is 18.5 Å². The minimum Gasteiger partial charge on any atom is -0.399 e. The van der Waals surface area contributed by atoms with Crippen LogP contribution in [0.4, 0.5) is 4.39 Å². The predicted molar refractivity (Wildman–Crippen MR) is 87.6 cm³/mol. The number of carbonyl (C=O) groups excluding carboxylic acids is 1. The standard InChI is InChI=1S/C17H23BFNO3/c1-16(2)17(3,4)23-18(22-16)13-7-5-12(6-8-13)15(21)20-10-9-14(19)11-20/h5-8,14H,9-11H2,1-4H3/t14-/m0/s1. The topological polar surface area (TPSA) is 38.8 Å². The van der Waals surface area contributed by atoms with Gasteiger partial charge in [-0.1, -0.05) is 12.1 Å². The molecule has 0 unspecified atom stereocenters. The van der Waals surface area contributed by atoms with Gasteiger partial charge < -0.3 is 14.2 Å². The Hall–Kier alpha value is -1.40. The highest BCUT2D eigenvalue weighted by Gasteiger charge is 2.51. The summed E-state index contributed by atoms with van der Waals surface area (Å²) in [5.41, 5.74) is 0.666. The third-order valence-corrected chi connectivity index (χ3v) is 5.10. The van der Waals surface area contributed by atoms with Gasteiger partial charge in [-0.05, 0) is 51.7 Å². The zero-order chi connectivity index (χ0) is 16.8. The van der Waals surface area contributed by atoms with Gasteiger partial charge in [0, 0.05) is 12.1 Å². The normalized spacial score (nSPS) is 25.9. The highest BCUT2D eigenvalue weighted by molar-refractivity contribution is 6.62. The van der Waals surface area contributed by atoms with Crippen molar-refractivity contribution in [2.75, 3.05) is 13.1 Å². The van der Waals surface area contributed by atoms with Crippen molar-refractivity contribution in [2.24, 2.45) is 0 Å². The summed E-state index contributed by atoms with van der Waals surface area (Å²) in [5, 5.41) is 0. The van der Waals surface area contributed by atoms with Gasteiger partial charge in [-0.2, -0.15) is 0 Å². The van der Waals surface area contributed by atoms with Crippen LogP contribution < -0.4 is 5.46 Å². The van der Waals surface area contributed by atoms with Gasteiger partial charge >= 0.3 is 7.12 Å². The Morgan fingerprint density at radius 1 is 1.17 bits per heavy atom. The number of hydrogen-bond donors (Lipinski definition) is 0. The molecule has 1 aromatic carbocycles. The molecule has 3 rings (SSSR count). The van der Waals surface area contributed by atoms with E-state index in [1.807, 2.05) is 39.8 Å². The van der Waals surface area contributed by atoms with Crippen molar-refractivity contribution in [3.8, 4) is 0 Å². The molecular formula is C17H23BFNO3. The molecule has 2 saturated heterocycles. The smallest absolute Gasteiger partial charge is 0.399 e. The quantitative estimate of drug-likeness (QED) is 0.784. The average Bonchev–Trinajstić information content (AvgIpc) is 3.00. The van der Waals surface area contributed by atoms with E-state index in [0.29, 0.717) is 18.5 Å². The Balaban J connectivity index is 1.72. The number of halogens is 1. The summed E-state index contributed by atoms with van der Waals surface area (Å²) in [6, 6.07) is 7.21. The Labute approximate surface area is 137 Å². The first-order valence-corrected chi connectivity index (χ1v) is 8.08. The molecule has 6 heteroatoms. The molecule has 2 aliphatic rings. The Morgan fingerprint density at radius 3 is 2.22 bits per heavy atom. The number of carbonyl (C=O) groups is 1. The molecule has 0 spiro atoms. The molecule has 0 N–H and O–H groups in total. The summed E-state index contributed by atoms with van der Waals surface area (Å²) < 4.78 is 25.2. The van der Waals surface area contributed by atoms with Crippen LogP contribution in [0.15, 0.2) is 24.3 Å². The van der Waals surface area contributed by atoms with Crippen molar-refractivity contribution < 1.29 is 18.5 Å². The van der Waals surface area contributed by atoms with E-state index in [1.54, 1.807) is 17.0 Å². The van der Waals surface area contributed by atoms with Gasteiger partial charge in [-0.3, -0.25) is 4.79 Å². The van der Waals surface area contributed by atoms with Gasteiger partial charge in [-0.25, -0.2) is 4.39 Å². The first-order chi connectivity index (χ1) is 10.7.